The van der Waals surface area contributed by atoms with E-state index in [1.54, 1.807) is 12.4 Å². The van der Waals surface area contributed by atoms with Crippen molar-refractivity contribution < 1.29 is 0 Å². The van der Waals surface area contributed by atoms with Crippen LogP contribution in [0, 0.1) is 6.92 Å². The molecule has 4 nitrogen and oxygen atoms in total. The molecule has 1 N–H and O–H groups in total. The number of nitrogens with zero attached hydrogens (tertiary/aromatic N) is 3. The largest absolute Gasteiger partial charge is 0.310 e. The van der Waals surface area contributed by atoms with Gasteiger partial charge in [0, 0.05) is 45.9 Å². The monoisotopic (exact) mass is 334 g/mol. The minimum absolute atomic E-state index is 0.268. The van der Waals surface area contributed by atoms with E-state index in [2.05, 4.69) is 50.0 Å². The fourth-order valence-electron chi connectivity index (χ4n) is 2.05. The number of aromatic nitrogens is 3. The van der Waals surface area contributed by atoms with E-state index in [9.17, 15) is 0 Å². The first-order valence-corrected chi connectivity index (χ1v) is 7.59. The summed E-state index contributed by atoms with van der Waals surface area (Å²) in [6.45, 7) is 7.32. The van der Waals surface area contributed by atoms with Crippen molar-refractivity contribution in [3.8, 4) is 11.4 Å². The second-order valence-corrected chi connectivity index (χ2v) is 5.72. The van der Waals surface area contributed by atoms with E-state index in [1.807, 2.05) is 19.2 Å². The van der Waals surface area contributed by atoms with Gasteiger partial charge >= 0.3 is 0 Å². The lowest BCUT2D eigenvalue weighted by atomic mass is 10.1. The molecule has 5 heteroatoms. The van der Waals surface area contributed by atoms with Gasteiger partial charge in [-0.1, -0.05) is 6.92 Å². The fraction of sp³-hybridized carbons (Fsp3) is 0.400. The molecule has 0 aliphatic rings. The molecule has 1 atom stereocenters. The second-order valence-electron chi connectivity index (χ2n) is 4.80. The van der Waals surface area contributed by atoms with Gasteiger partial charge in [-0.3, -0.25) is 4.98 Å². The lowest BCUT2D eigenvalue weighted by Crippen LogP contribution is -2.20. The van der Waals surface area contributed by atoms with Gasteiger partial charge in [0.05, 0.1) is 0 Å². The van der Waals surface area contributed by atoms with Crippen molar-refractivity contribution in [1.29, 1.82) is 0 Å². The van der Waals surface area contributed by atoms with Crippen molar-refractivity contribution in [2.75, 3.05) is 6.54 Å². The fourth-order valence-corrected chi connectivity index (χ4v) is 2.41. The number of halogens is 1. The lowest BCUT2D eigenvalue weighted by Gasteiger charge is -2.15. The Labute approximate surface area is 128 Å². The van der Waals surface area contributed by atoms with Gasteiger partial charge in [-0.2, -0.15) is 0 Å². The summed E-state index contributed by atoms with van der Waals surface area (Å²) in [5.41, 5.74) is 3.07. The van der Waals surface area contributed by atoms with Gasteiger partial charge in [0.15, 0.2) is 5.82 Å². The molecule has 2 rings (SSSR count). The van der Waals surface area contributed by atoms with E-state index >= 15 is 0 Å². The maximum atomic E-state index is 4.60. The highest BCUT2D eigenvalue weighted by Gasteiger charge is 2.11. The van der Waals surface area contributed by atoms with Gasteiger partial charge in [0.1, 0.15) is 0 Å². The summed E-state index contributed by atoms with van der Waals surface area (Å²) in [6, 6.07) is 2.24. The Morgan fingerprint density at radius 1 is 1.30 bits per heavy atom. The van der Waals surface area contributed by atoms with Crippen LogP contribution in [0.4, 0.5) is 0 Å². The second kappa shape index (κ2) is 6.90. The topological polar surface area (TPSA) is 50.7 Å². The number of hydrogen-bond acceptors (Lipinski definition) is 4. The van der Waals surface area contributed by atoms with Gasteiger partial charge in [-0.25, -0.2) is 9.97 Å². The summed E-state index contributed by atoms with van der Waals surface area (Å²) < 4.78 is 0.929. The zero-order valence-electron chi connectivity index (χ0n) is 12.0. The van der Waals surface area contributed by atoms with Crippen LogP contribution in [0.1, 0.15) is 37.6 Å². The van der Waals surface area contributed by atoms with Gasteiger partial charge in [0.2, 0.25) is 0 Å². The Balaban J connectivity index is 2.25. The van der Waals surface area contributed by atoms with Crippen molar-refractivity contribution in [3.05, 3.63) is 40.4 Å². The lowest BCUT2D eigenvalue weighted by molar-refractivity contribution is 0.564. The molecule has 0 bridgehead atoms. The Kier molecular flexibility index (Phi) is 5.20. The van der Waals surface area contributed by atoms with Crippen LogP contribution in [0.15, 0.2) is 29.1 Å². The molecule has 0 aliphatic heterocycles. The van der Waals surface area contributed by atoms with Crippen LogP contribution in [-0.4, -0.2) is 21.5 Å². The molecule has 0 fully saturated rings. The molecule has 0 saturated heterocycles. The zero-order chi connectivity index (χ0) is 14.5. The Hall–Kier alpha value is -1.33. The van der Waals surface area contributed by atoms with Crippen LogP contribution in [-0.2, 0) is 0 Å². The van der Waals surface area contributed by atoms with Crippen LogP contribution in [0.3, 0.4) is 0 Å². The Bertz CT molecular complexity index is 586. The highest BCUT2D eigenvalue weighted by molar-refractivity contribution is 9.10. The predicted molar refractivity (Wildman–Crippen MR) is 84.4 cm³/mol. The van der Waals surface area contributed by atoms with E-state index in [0.717, 1.165) is 34.3 Å². The number of nitrogens with one attached hydrogen (secondary N) is 1. The quantitative estimate of drug-likeness (QED) is 0.906. The molecule has 0 spiro atoms. The Morgan fingerprint density at radius 2 is 2.10 bits per heavy atom. The van der Waals surface area contributed by atoms with Gasteiger partial charge in [0.25, 0.3) is 0 Å². The molecule has 1 unspecified atom stereocenters. The van der Waals surface area contributed by atoms with E-state index in [1.165, 1.54) is 0 Å². The van der Waals surface area contributed by atoms with Crippen molar-refractivity contribution in [1.82, 2.24) is 20.3 Å². The summed E-state index contributed by atoms with van der Waals surface area (Å²) in [7, 11) is 0. The summed E-state index contributed by atoms with van der Waals surface area (Å²) in [4.78, 5) is 13.2. The van der Waals surface area contributed by atoms with Crippen LogP contribution >= 0.6 is 15.9 Å². The van der Waals surface area contributed by atoms with Crippen molar-refractivity contribution in [2.24, 2.45) is 0 Å². The standard InChI is InChI=1S/C15H19BrN4/c1-4-5-18-10(2)14-9-19-15(20-11(14)3)12-6-13(16)8-17-7-12/h6-10,18H,4-5H2,1-3H3. The summed E-state index contributed by atoms with van der Waals surface area (Å²) >= 11 is 3.42. The van der Waals surface area contributed by atoms with Crippen LogP contribution in [0.5, 0.6) is 0 Å². The molecule has 20 heavy (non-hydrogen) atoms. The summed E-state index contributed by atoms with van der Waals surface area (Å²) in [6.07, 6.45) is 6.55. The maximum absolute atomic E-state index is 4.60. The van der Waals surface area contributed by atoms with E-state index < -0.39 is 0 Å². The molecule has 106 valence electrons. The number of pyridine rings is 1. The maximum Gasteiger partial charge on any atom is 0.160 e. The molecule has 0 radical (unpaired) electrons. The van der Waals surface area contributed by atoms with Crippen molar-refractivity contribution >= 4 is 15.9 Å². The van der Waals surface area contributed by atoms with E-state index in [4.69, 9.17) is 0 Å². The van der Waals surface area contributed by atoms with Crippen LogP contribution < -0.4 is 5.32 Å². The number of aryl methyl sites for hydroxylation is 1. The van der Waals surface area contributed by atoms with Crippen LogP contribution in [0.25, 0.3) is 11.4 Å². The summed E-state index contributed by atoms with van der Waals surface area (Å²) in [5, 5.41) is 3.46. The highest BCUT2D eigenvalue weighted by atomic mass is 79.9. The van der Waals surface area contributed by atoms with Gasteiger partial charge < -0.3 is 5.32 Å². The first-order valence-electron chi connectivity index (χ1n) is 6.79. The van der Waals surface area contributed by atoms with E-state index in [-0.39, 0.29) is 6.04 Å². The average Bonchev–Trinajstić information content (AvgIpc) is 2.44. The molecule has 0 amide bonds. The molecule has 2 aromatic heterocycles. The molecule has 0 saturated carbocycles. The van der Waals surface area contributed by atoms with Gasteiger partial charge in [-0.05, 0) is 48.8 Å². The molecule has 2 heterocycles. The zero-order valence-corrected chi connectivity index (χ0v) is 13.6. The molecular weight excluding hydrogens is 316 g/mol. The van der Waals surface area contributed by atoms with Crippen molar-refractivity contribution in [2.45, 2.75) is 33.2 Å². The van der Waals surface area contributed by atoms with E-state index in [0.29, 0.717) is 5.82 Å². The van der Waals surface area contributed by atoms with Gasteiger partial charge in [-0.15, -0.1) is 0 Å². The minimum atomic E-state index is 0.268. The molecular formula is C15H19BrN4. The predicted octanol–water partition coefficient (Wildman–Crippen LogP) is 3.67. The third-order valence-corrected chi connectivity index (χ3v) is 3.58. The average molecular weight is 335 g/mol. The summed E-state index contributed by atoms with van der Waals surface area (Å²) in [5.74, 6) is 0.711. The number of rotatable bonds is 5. The highest BCUT2D eigenvalue weighted by Crippen LogP contribution is 2.21. The minimum Gasteiger partial charge on any atom is -0.310 e. The Morgan fingerprint density at radius 3 is 2.75 bits per heavy atom. The SMILES string of the molecule is CCCNC(C)c1cnc(-c2cncc(Br)c2)nc1C. The third-order valence-electron chi connectivity index (χ3n) is 3.15. The third kappa shape index (κ3) is 3.61. The normalized spacial score (nSPS) is 12.4. The molecule has 0 aliphatic carbocycles. The number of hydrogen-bond donors (Lipinski definition) is 1. The van der Waals surface area contributed by atoms with Crippen molar-refractivity contribution in [3.63, 3.8) is 0 Å². The smallest absolute Gasteiger partial charge is 0.160 e. The molecule has 0 aromatic carbocycles. The first kappa shape index (κ1) is 15.1. The van der Waals surface area contributed by atoms with Crippen LogP contribution in [0.2, 0.25) is 0 Å². The molecule has 2 aromatic rings. The first-order chi connectivity index (χ1) is 9.61.